The summed E-state index contributed by atoms with van der Waals surface area (Å²) in [6.07, 6.45) is 13.2. The second-order valence-electron chi connectivity index (χ2n) is 4.43. The molecule has 0 saturated heterocycles. The normalized spacial score (nSPS) is 29.9. The van der Waals surface area contributed by atoms with Gasteiger partial charge in [-0.2, -0.15) is 0 Å². The van der Waals surface area contributed by atoms with Crippen molar-refractivity contribution in [1.29, 1.82) is 0 Å². The van der Waals surface area contributed by atoms with Gasteiger partial charge in [0.15, 0.2) is 0 Å². The molecule has 0 aromatic rings. The summed E-state index contributed by atoms with van der Waals surface area (Å²) in [6.45, 7) is 4.40. The zero-order valence-electron chi connectivity index (χ0n) is 9.53. The highest BCUT2D eigenvalue weighted by Gasteiger charge is 2.32. The lowest BCUT2D eigenvalue weighted by Crippen LogP contribution is -2.19. The summed E-state index contributed by atoms with van der Waals surface area (Å²) in [5.74, 6) is 1.05. The number of rotatable bonds is 2. The van der Waals surface area contributed by atoms with Crippen molar-refractivity contribution in [2.24, 2.45) is 17.6 Å². The lowest BCUT2D eigenvalue weighted by atomic mass is 9.85. The van der Waals surface area contributed by atoms with E-state index in [1.807, 2.05) is 6.08 Å². The molecule has 0 spiro atoms. The maximum atomic E-state index is 6.03. The third kappa shape index (κ3) is 1.79. The number of fused-ring (bicyclic) bond motifs is 1. The van der Waals surface area contributed by atoms with E-state index in [0.29, 0.717) is 11.8 Å². The van der Waals surface area contributed by atoms with Gasteiger partial charge >= 0.3 is 0 Å². The summed E-state index contributed by atoms with van der Waals surface area (Å²) in [5, 5.41) is 0. The molecule has 0 amide bonds. The lowest BCUT2D eigenvalue weighted by molar-refractivity contribution is 0.540. The molecule has 15 heavy (non-hydrogen) atoms. The van der Waals surface area contributed by atoms with E-state index in [9.17, 15) is 0 Å². The molecule has 2 rings (SSSR count). The summed E-state index contributed by atoms with van der Waals surface area (Å²) in [4.78, 5) is 0. The summed E-state index contributed by atoms with van der Waals surface area (Å²) in [5.41, 5.74) is 10.1. The number of nitrogens with two attached hydrogens (primary N) is 1. The number of hydrogen-bond donors (Lipinski definition) is 1. The third-order valence-corrected chi connectivity index (χ3v) is 3.38. The Labute approximate surface area is 92.1 Å². The van der Waals surface area contributed by atoms with Crippen LogP contribution in [-0.4, -0.2) is 0 Å². The van der Waals surface area contributed by atoms with Crippen molar-refractivity contribution in [2.75, 3.05) is 0 Å². The fourth-order valence-corrected chi connectivity index (χ4v) is 2.55. The summed E-state index contributed by atoms with van der Waals surface area (Å²) >= 11 is 0. The Morgan fingerprint density at radius 1 is 1.53 bits per heavy atom. The Balaban J connectivity index is 2.26. The Morgan fingerprint density at radius 2 is 2.33 bits per heavy atom. The van der Waals surface area contributed by atoms with Crippen molar-refractivity contribution in [3.05, 3.63) is 47.2 Å². The lowest BCUT2D eigenvalue weighted by Gasteiger charge is -2.21. The van der Waals surface area contributed by atoms with Crippen LogP contribution in [0.3, 0.4) is 0 Å². The minimum atomic E-state index is 0.520. The van der Waals surface area contributed by atoms with E-state index in [1.165, 1.54) is 11.1 Å². The molecule has 0 aliphatic heterocycles. The molecule has 2 unspecified atom stereocenters. The molecule has 0 saturated carbocycles. The van der Waals surface area contributed by atoms with Crippen LogP contribution in [0.1, 0.15) is 26.7 Å². The van der Waals surface area contributed by atoms with E-state index in [4.69, 9.17) is 5.73 Å². The van der Waals surface area contributed by atoms with Gasteiger partial charge in [-0.05, 0) is 31.4 Å². The Bertz CT molecular complexity index is 369. The molecular weight excluding hydrogens is 182 g/mol. The second-order valence-corrected chi connectivity index (χ2v) is 4.43. The predicted octanol–water partition coefficient (Wildman–Crippen LogP) is 3.32. The molecule has 80 valence electrons. The van der Waals surface area contributed by atoms with Crippen LogP contribution in [0, 0.1) is 11.8 Å². The molecular formula is C14H19N. The number of hydrogen-bond acceptors (Lipinski definition) is 1. The van der Waals surface area contributed by atoms with Crippen LogP contribution in [0.5, 0.6) is 0 Å². The quantitative estimate of drug-likeness (QED) is 0.728. The van der Waals surface area contributed by atoms with Gasteiger partial charge in [-0.3, -0.25) is 0 Å². The van der Waals surface area contributed by atoms with Crippen molar-refractivity contribution in [1.82, 2.24) is 0 Å². The van der Waals surface area contributed by atoms with E-state index in [1.54, 1.807) is 0 Å². The standard InChI is InChI=1S/C14H19N/c1-3-4-6-11-10(2)9-13-12(11)7-5-8-14(13)15/h4-8,12-13H,3,9,15H2,1-2H3/b6-4-. The smallest absolute Gasteiger partial charge is 0.0125 e. The van der Waals surface area contributed by atoms with Crippen LogP contribution < -0.4 is 5.73 Å². The average Bonchev–Trinajstić information content (AvgIpc) is 2.54. The third-order valence-electron chi connectivity index (χ3n) is 3.38. The first-order chi connectivity index (χ1) is 7.24. The largest absolute Gasteiger partial charge is 0.402 e. The minimum absolute atomic E-state index is 0.520. The van der Waals surface area contributed by atoms with Crippen molar-refractivity contribution >= 4 is 0 Å². The van der Waals surface area contributed by atoms with E-state index in [0.717, 1.165) is 18.5 Å². The first kappa shape index (κ1) is 10.3. The van der Waals surface area contributed by atoms with Gasteiger partial charge in [0.25, 0.3) is 0 Å². The van der Waals surface area contributed by atoms with E-state index in [-0.39, 0.29) is 0 Å². The highest BCUT2D eigenvalue weighted by molar-refractivity contribution is 5.41. The predicted molar refractivity (Wildman–Crippen MR) is 65.1 cm³/mol. The van der Waals surface area contributed by atoms with E-state index in [2.05, 4.69) is 38.2 Å². The molecule has 2 aliphatic carbocycles. The summed E-state index contributed by atoms with van der Waals surface area (Å²) < 4.78 is 0. The maximum absolute atomic E-state index is 6.03. The molecule has 0 bridgehead atoms. The van der Waals surface area contributed by atoms with Gasteiger partial charge in [-0.15, -0.1) is 0 Å². The van der Waals surface area contributed by atoms with Crippen molar-refractivity contribution < 1.29 is 0 Å². The molecule has 0 radical (unpaired) electrons. The second kappa shape index (κ2) is 4.09. The monoisotopic (exact) mass is 201 g/mol. The Morgan fingerprint density at radius 3 is 3.07 bits per heavy atom. The van der Waals surface area contributed by atoms with Gasteiger partial charge in [0.05, 0.1) is 0 Å². The van der Waals surface area contributed by atoms with Crippen LogP contribution in [0.25, 0.3) is 0 Å². The first-order valence-electron chi connectivity index (χ1n) is 5.74. The van der Waals surface area contributed by atoms with Crippen molar-refractivity contribution in [2.45, 2.75) is 26.7 Å². The molecule has 2 atom stereocenters. The van der Waals surface area contributed by atoms with Crippen molar-refractivity contribution in [3.63, 3.8) is 0 Å². The first-order valence-corrected chi connectivity index (χ1v) is 5.74. The van der Waals surface area contributed by atoms with Crippen LogP contribution in [0.15, 0.2) is 47.2 Å². The fraction of sp³-hybridized carbons (Fsp3) is 0.429. The highest BCUT2D eigenvalue weighted by atomic mass is 14.6. The van der Waals surface area contributed by atoms with Gasteiger partial charge in [-0.1, -0.05) is 36.8 Å². The van der Waals surface area contributed by atoms with Gasteiger partial charge in [-0.25, -0.2) is 0 Å². The Kier molecular flexibility index (Phi) is 2.81. The van der Waals surface area contributed by atoms with Gasteiger partial charge < -0.3 is 5.73 Å². The fourth-order valence-electron chi connectivity index (χ4n) is 2.55. The molecule has 0 aromatic carbocycles. The molecule has 0 heterocycles. The molecule has 1 heteroatoms. The van der Waals surface area contributed by atoms with Crippen LogP contribution in [-0.2, 0) is 0 Å². The minimum Gasteiger partial charge on any atom is -0.402 e. The van der Waals surface area contributed by atoms with E-state index >= 15 is 0 Å². The van der Waals surface area contributed by atoms with Gasteiger partial charge in [0.1, 0.15) is 0 Å². The SMILES string of the molecule is CC/C=C\C1=C(C)CC2C(N)=CC=CC12. The maximum Gasteiger partial charge on any atom is 0.0125 e. The molecule has 2 aliphatic rings. The van der Waals surface area contributed by atoms with Crippen LogP contribution >= 0.6 is 0 Å². The molecule has 1 nitrogen and oxygen atoms in total. The summed E-state index contributed by atoms with van der Waals surface area (Å²) in [6, 6.07) is 0. The zero-order valence-corrected chi connectivity index (χ0v) is 9.53. The molecule has 0 aromatic heterocycles. The number of allylic oxidation sites excluding steroid dienone is 8. The molecule has 0 fully saturated rings. The van der Waals surface area contributed by atoms with Gasteiger partial charge in [0.2, 0.25) is 0 Å². The molecule has 2 N–H and O–H groups in total. The summed E-state index contributed by atoms with van der Waals surface area (Å²) in [7, 11) is 0. The van der Waals surface area contributed by atoms with E-state index < -0.39 is 0 Å². The van der Waals surface area contributed by atoms with Gasteiger partial charge in [0, 0.05) is 17.5 Å². The zero-order chi connectivity index (χ0) is 10.8. The van der Waals surface area contributed by atoms with Crippen LogP contribution in [0.2, 0.25) is 0 Å². The average molecular weight is 201 g/mol. The van der Waals surface area contributed by atoms with Crippen LogP contribution in [0.4, 0.5) is 0 Å². The topological polar surface area (TPSA) is 26.0 Å². The van der Waals surface area contributed by atoms with Crippen molar-refractivity contribution in [3.8, 4) is 0 Å². The Hall–Kier alpha value is -1.24. The highest BCUT2D eigenvalue weighted by Crippen LogP contribution is 2.42.